The van der Waals surface area contributed by atoms with E-state index in [1.165, 1.54) is 12.1 Å². The highest BCUT2D eigenvalue weighted by Gasteiger charge is 2.16. The number of rotatable bonds is 8. The zero-order valence-corrected chi connectivity index (χ0v) is 18.6. The third-order valence-corrected chi connectivity index (χ3v) is 6.21. The molecule has 162 valence electrons. The first-order chi connectivity index (χ1) is 14.8. The highest BCUT2D eigenvalue weighted by Crippen LogP contribution is 2.24. The number of para-hydroxylation sites is 1. The van der Waals surface area contributed by atoms with Crippen molar-refractivity contribution < 1.29 is 17.9 Å². The van der Waals surface area contributed by atoms with E-state index in [0.29, 0.717) is 17.1 Å². The number of carbonyl (C=O) groups is 1. The second-order valence-corrected chi connectivity index (χ2v) is 8.92. The van der Waals surface area contributed by atoms with Crippen LogP contribution in [0.5, 0.6) is 5.75 Å². The number of carbonyl (C=O) groups excluding carboxylic acids is 1. The molecule has 0 radical (unpaired) electrons. The normalized spacial score (nSPS) is 11.1. The van der Waals surface area contributed by atoms with Crippen molar-refractivity contribution in [3.8, 4) is 5.75 Å². The first-order valence-corrected chi connectivity index (χ1v) is 11.5. The lowest BCUT2D eigenvalue weighted by atomic mass is 10.1. The molecule has 0 fully saturated rings. The van der Waals surface area contributed by atoms with E-state index in [1.807, 2.05) is 57.2 Å². The Morgan fingerprint density at radius 1 is 0.935 bits per heavy atom. The molecule has 0 aliphatic heterocycles. The monoisotopic (exact) mass is 438 g/mol. The summed E-state index contributed by atoms with van der Waals surface area (Å²) in [6.45, 7) is 5.61. The van der Waals surface area contributed by atoms with E-state index in [-0.39, 0.29) is 17.4 Å². The molecule has 0 heterocycles. The lowest BCUT2D eigenvalue weighted by molar-refractivity contribution is -0.118. The second-order valence-electron chi connectivity index (χ2n) is 7.23. The number of amides is 1. The summed E-state index contributed by atoms with van der Waals surface area (Å²) in [6, 6.07) is 19.2. The van der Waals surface area contributed by atoms with E-state index in [0.717, 1.165) is 23.1 Å². The first kappa shape index (κ1) is 22.4. The number of ether oxygens (including phenoxy) is 1. The third kappa shape index (κ3) is 5.86. The minimum Gasteiger partial charge on any atom is -0.484 e. The van der Waals surface area contributed by atoms with Crippen LogP contribution >= 0.6 is 0 Å². The van der Waals surface area contributed by atoms with Crippen molar-refractivity contribution in [2.75, 3.05) is 16.6 Å². The molecular weight excluding hydrogens is 412 g/mol. The van der Waals surface area contributed by atoms with Gasteiger partial charge in [0.25, 0.3) is 15.9 Å². The summed E-state index contributed by atoms with van der Waals surface area (Å²) >= 11 is 0. The molecule has 7 heteroatoms. The van der Waals surface area contributed by atoms with Crippen LogP contribution in [0.15, 0.2) is 71.6 Å². The van der Waals surface area contributed by atoms with Crippen molar-refractivity contribution in [3.05, 3.63) is 83.4 Å². The average molecular weight is 439 g/mol. The molecule has 6 nitrogen and oxygen atoms in total. The maximum absolute atomic E-state index is 12.7. The Morgan fingerprint density at radius 2 is 1.58 bits per heavy atom. The zero-order chi connectivity index (χ0) is 22.4. The number of hydrogen-bond acceptors (Lipinski definition) is 4. The van der Waals surface area contributed by atoms with Gasteiger partial charge in [-0.3, -0.25) is 9.52 Å². The van der Waals surface area contributed by atoms with E-state index in [1.54, 1.807) is 18.2 Å². The average Bonchev–Trinajstić information content (AvgIpc) is 2.75. The summed E-state index contributed by atoms with van der Waals surface area (Å²) < 4.78 is 33.6. The number of aryl methyl sites for hydroxylation is 3. The smallest absolute Gasteiger partial charge is 0.262 e. The van der Waals surface area contributed by atoms with Crippen molar-refractivity contribution in [1.82, 2.24) is 0 Å². The SMILES string of the molecule is CCc1cccc(OCC(=O)Nc2ccc(S(=O)(=O)Nc3c(C)cccc3C)cc2)c1. The van der Waals surface area contributed by atoms with Gasteiger partial charge in [-0.1, -0.05) is 37.3 Å². The van der Waals surface area contributed by atoms with Gasteiger partial charge in [-0.2, -0.15) is 0 Å². The van der Waals surface area contributed by atoms with Crippen molar-refractivity contribution in [2.45, 2.75) is 32.1 Å². The van der Waals surface area contributed by atoms with Crippen LogP contribution in [0.4, 0.5) is 11.4 Å². The fraction of sp³-hybridized carbons (Fsp3) is 0.208. The van der Waals surface area contributed by atoms with Crippen LogP contribution in [0.3, 0.4) is 0 Å². The molecule has 31 heavy (non-hydrogen) atoms. The summed E-state index contributed by atoms with van der Waals surface area (Å²) in [4.78, 5) is 12.3. The van der Waals surface area contributed by atoms with Gasteiger partial charge in [0.15, 0.2) is 6.61 Å². The van der Waals surface area contributed by atoms with Gasteiger partial charge in [-0.25, -0.2) is 8.42 Å². The Morgan fingerprint density at radius 3 is 2.23 bits per heavy atom. The molecule has 3 rings (SSSR count). The minimum absolute atomic E-state index is 0.112. The van der Waals surface area contributed by atoms with Crippen LogP contribution in [0.2, 0.25) is 0 Å². The molecule has 0 saturated carbocycles. The van der Waals surface area contributed by atoms with Crippen LogP contribution in [-0.2, 0) is 21.2 Å². The van der Waals surface area contributed by atoms with Gasteiger partial charge in [0.05, 0.1) is 10.6 Å². The fourth-order valence-corrected chi connectivity index (χ4v) is 4.29. The summed E-state index contributed by atoms with van der Waals surface area (Å²) in [5.74, 6) is 0.305. The van der Waals surface area contributed by atoms with Gasteiger partial charge in [0.2, 0.25) is 0 Å². The van der Waals surface area contributed by atoms with Crippen LogP contribution in [0.25, 0.3) is 0 Å². The van der Waals surface area contributed by atoms with Gasteiger partial charge in [-0.05, 0) is 73.4 Å². The minimum atomic E-state index is -3.74. The quantitative estimate of drug-likeness (QED) is 0.535. The van der Waals surface area contributed by atoms with Gasteiger partial charge in [0.1, 0.15) is 5.75 Å². The molecule has 1 amide bonds. The molecule has 3 aromatic carbocycles. The third-order valence-electron chi connectivity index (χ3n) is 4.84. The maximum atomic E-state index is 12.7. The summed E-state index contributed by atoms with van der Waals surface area (Å²) in [6.07, 6.45) is 0.886. The standard InChI is InChI=1S/C24H26N2O4S/c1-4-19-9-6-10-21(15-19)30-16-23(27)25-20-11-13-22(14-12-20)31(28,29)26-24-17(2)7-5-8-18(24)3/h5-15,26H,4,16H2,1-3H3,(H,25,27). The maximum Gasteiger partial charge on any atom is 0.262 e. The highest BCUT2D eigenvalue weighted by atomic mass is 32.2. The summed E-state index contributed by atoms with van der Waals surface area (Å²) in [5.41, 5.74) is 3.88. The lowest BCUT2D eigenvalue weighted by Crippen LogP contribution is -2.20. The Balaban J connectivity index is 1.62. The Bertz CT molecular complexity index is 1150. The predicted molar refractivity (Wildman–Crippen MR) is 123 cm³/mol. The number of benzene rings is 3. The predicted octanol–water partition coefficient (Wildman–Crippen LogP) is 4.68. The Hall–Kier alpha value is -3.32. The molecule has 0 saturated heterocycles. The molecule has 0 spiro atoms. The topological polar surface area (TPSA) is 84.5 Å². The molecular formula is C24H26N2O4S. The molecule has 0 atom stereocenters. The summed E-state index contributed by atoms with van der Waals surface area (Å²) in [7, 11) is -3.74. The van der Waals surface area contributed by atoms with E-state index >= 15 is 0 Å². The van der Waals surface area contributed by atoms with Crippen molar-refractivity contribution in [1.29, 1.82) is 0 Å². The van der Waals surface area contributed by atoms with Gasteiger partial charge < -0.3 is 10.1 Å². The van der Waals surface area contributed by atoms with E-state index in [9.17, 15) is 13.2 Å². The van der Waals surface area contributed by atoms with Gasteiger partial charge >= 0.3 is 0 Å². The van der Waals surface area contributed by atoms with Gasteiger partial charge in [0, 0.05) is 5.69 Å². The number of hydrogen-bond donors (Lipinski definition) is 2. The molecule has 3 aromatic rings. The number of sulfonamides is 1. The first-order valence-electron chi connectivity index (χ1n) is 9.99. The highest BCUT2D eigenvalue weighted by molar-refractivity contribution is 7.92. The Labute approximate surface area is 183 Å². The van der Waals surface area contributed by atoms with Gasteiger partial charge in [-0.15, -0.1) is 0 Å². The van der Waals surface area contributed by atoms with Crippen molar-refractivity contribution in [3.63, 3.8) is 0 Å². The van der Waals surface area contributed by atoms with E-state index < -0.39 is 10.0 Å². The van der Waals surface area contributed by atoms with Crippen LogP contribution in [0.1, 0.15) is 23.6 Å². The zero-order valence-electron chi connectivity index (χ0n) is 17.8. The van der Waals surface area contributed by atoms with E-state index in [2.05, 4.69) is 10.0 Å². The molecule has 0 aromatic heterocycles. The molecule has 0 bridgehead atoms. The van der Waals surface area contributed by atoms with Crippen LogP contribution in [0, 0.1) is 13.8 Å². The molecule has 0 unspecified atom stereocenters. The number of anilines is 2. The molecule has 0 aliphatic carbocycles. The van der Waals surface area contributed by atoms with Crippen molar-refractivity contribution >= 4 is 27.3 Å². The fourth-order valence-electron chi connectivity index (χ4n) is 3.09. The lowest BCUT2D eigenvalue weighted by Gasteiger charge is -2.13. The van der Waals surface area contributed by atoms with Crippen LogP contribution < -0.4 is 14.8 Å². The molecule has 0 aliphatic rings. The second kappa shape index (κ2) is 9.66. The van der Waals surface area contributed by atoms with Crippen LogP contribution in [-0.4, -0.2) is 20.9 Å². The van der Waals surface area contributed by atoms with Crippen molar-refractivity contribution in [2.24, 2.45) is 0 Å². The molecule has 2 N–H and O–H groups in total. The summed E-state index contributed by atoms with van der Waals surface area (Å²) in [5, 5.41) is 2.71. The number of nitrogens with one attached hydrogen (secondary N) is 2. The van der Waals surface area contributed by atoms with E-state index in [4.69, 9.17) is 4.74 Å². The largest absolute Gasteiger partial charge is 0.484 e. The Kier molecular flexibility index (Phi) is 6.97.